The molecule has 0 aliphatic carbocycles. The average molecular weight is 425 g/mol. The van der Waals surface area contributed by atoms with E-state index in [1.54, 1.807) is 4.90 Å². The molecule has 148 valence electrons. The quantitative estimate of drug-likeness (QED) is 0.701. The molecule has 2 aliphatic heterocycles. The molecule has 0 aromatic heterocycles. The molecule has 0 bridgehead atoms. The smallest absolute Gasteiger partial charge is 0.255 e. The number of hydrogen-bond donors (Lipinski definition) is 0. The maximum Gasteiger partial charge on any atom is 0.255 e. The van der Waals surface area contributed by atoms with Gasteiger partial charge in [0.1, 0.15) is 19.0 Å². The molecule has 1 saturated heterocycles. The number of hydrogen-bond acceptors (Lipinski definition) is 4. The average Bonchev–Trinajstić information content (AvgIpc) is 2.71. The van der Waals surface area contributed by atoms with Crippen LogP contribution in [0.15, 0.2) is 30.3 Å². The Hall–Kier alpha value is -2.02. The van der Waals surface area contributed by atoms with Gasteiger partial charge in [0.2, 0.25) is 0 Å². The van der Waals surface area contributed by atoms with Gasteiger partial charge in [-0.1, -0.05) is 29.3 Å². The third-order valence-electron chi connectivity index (χ3n) is 4.91. The summed E-state index contributed by atoms with van der Waals surface area (Å²) in [6.07, 6.45) is 0. The third-order valence-corrected chi connectivity index (χ3v) is 5.52. The van der Waals surface area contributed by atoms with Crippen LogP contribution in [0.3, 0.4) is 0 Å². The summed E-state index contributed by atoms with van der Waals surface area (Å²) in [6.45, 7) is 4.42. The minimum Gasteiger partial charge on any atom is -0.486 e. The lowest BCUT2D eigenvalue weighted by molar-refractivity contribution is 0.0628. The van der Waals surface area contributed by atoms with Crippen LogP contribution in [0.2, 0.25) is 10.0 Å². The maximum atomic E-state index is 13.7. The molecular weight excluding hydrogens is 406 g/mol. The molecular formula is C20H19Cl2FN2O3. The number of carbonyl (C=O) groups excluding carboxylic acids is 1. The first-order valence-corrected chi connectivity index (χ1v) is 9.81. The Morgan fingerprint density at radius 2 is 1.68 bits per heavy atom. The fraction of sp³-hybridized carbons (Fsp3) is 0.350. The molecule has 2 aromatic carbocycles. The summed E-state index contributed by atoms with van der Waals surface area (Å²) in [5, 5.41) is 0.0703. The number of ether oxygens (including phenoxy) is 2. The van der Waals surface area contributed by atoms with E-state index >= 15 is 0 Å². The zero-order valence-corrected chi connectivity index (χ0v) is 16.6. The normalized spacial score (nSPS) is 16.9. The number of halogens is 3. The number of carbonyl (C=O) groups is 1. The lowest BCUT2D eigenvalue weighted by Crippen LogP contribution is -2.48. The lowest BCUT2D eigenvalue weighted by atomic mass is 10.1. The molecule has 2 aliphatic rings. The van der Waals surface area contributed by atoms with E-state index in [-0.39, 0.29) is 21.5 Å². The summed E-state index contributed by atoms with van der Waals surface area (Å²) in [7, 11) is 0. The molecule has 2 heterocycles. The molecule has 0 unspecified atom stereocenters. The Morgan fingerprint density at radius 1 is 0.964 bits per heavy atom. The Labute approximate surface area is 172 Å². The van der Waals surface area contributed by atoms with Gasteiger partial charge in [0.05, 0.1) is 15.6 Å². The lowest BCUT2D eigenvalue weighted by Gasteiger charge is -2.35. The SMILES string of the molecule is O=C(c1cc(F)c(Cl)cc1Cl)N1CCN(Cc2ccc3c(c2)OCCO3)CC1. The summed E-state index contributed by atoms with van der Waals surface area (Å²) < 4.78 is 24.9. The summed E-state index contributed by atoms with van der Waals surface area (Å²) in [5.41, 5.74) is 1.27. The number of benzene rings is 2. The molecule has 0 radical (unpaired) electrons. The highest BCUT2D eigenvalue weighted by Crippen LogP contribution is 2.31. The van der Waals surface area contributed by atoms with Crippen LogP contribution in [-0.2, 0) is 6.54 Å². The predicted molar refractivity (Wildman–Crippen MR) is 105 cm³/mol. The van der Waals surface area contributed by atoms with Crippen molar-refractivity contribution in [1.29, 1.82) is 0 Å². The van der Waals surface area contributed by atoms with Crippen LogP contribution in [0.25, 0.3) is 0 Å². The van der Waals surface area contributed by atoms with Crippen molar-refractivity contribution < 1.29 is 18.7 Å². The zero-order chi connectivity index (χ0) is 19.7. The topological polar surface area (TPSA) is 42.0 Å². The van der Waals surface area contributed by atoms with Crippen LogP contribution in [0.4, 0.5) is 4.39 Å². The Balaban J connectivity index is 1.37. The van der Waals surface area contributed by atoms with E-state index in [9.17, 15) is 9.18 Å². The minimum absolute atomic E-state index is 0.0919. The largest absolute Gasteiger partial charge is 0.486 e. The van der Waals surface area contributed by atoms with E-state index < -0.39 is 5.82 Å². The van der Waals surface area contributed by atoms with Crippen LogP contribution >= 0.6 is 23.2 Å². The van der Waals surface area contributed by atoms with Crippen LogP contribution in [0, 0.1) is 5.82 Å². The Kier molecular flexibility index (Phi) is 5.62. The first-order valence-electron chi connectivity index (χ1n) is 9.06. The van der Waals surface area contributed by atoms with Gasteiger partial charge >= 0.3 is 0 Å². The van der Waals surface area contributed by atoms with E-state index in [0.717, 1.165) is 29.7 Å². The van der Waals surface area contributed by atoms with Crippen LogP contribution in [-0.4, -0.2) is 55.1 Å². The van der Waals surface area contributed by atoms with Crippen molar-refractivity contribution in [3.05, 3.63) is 57.3 Å². The number of piperazine rings is 1. The van der Waals surface area contributed by atoms with Gasteiger partial charge in [-0.15, -0.1) is 0 Å². The molecule has 1 fully saturated rings. The number of amides is 1. The first kappa shape index (κ1) is 19.3. The first-order chi connectivity index (χ1) is 13.5. The third kappa shape index (κ3) is 4.04. The van der Waals surface area contributed by atoms with Crippen LogP contribution < -0.4 is 9.47 Å². The minimum atomic E-state index is -0.647. The summed E-state index contributed by atoms with van der Waals surface area (Å²) >= 11 is 11.8. The van der Waals surface area contributed by atoms with Crippen molar-refractivity contribution in [3.8, 4) is 11.5 Å². The maximum absolute atomic E-state index is 13.7. The summed E-state index contributed by atoms with van der Waals surface area (Å²) in [6, 6.07) is 8.34. The molecule has 2 aromatic rings. The Morgan fingerprint density at radius 3 is 2.43 bits per heavy atom. The monoisotopic (exact) mass is 424 g/mol. The molecule has 0 atom stereocenters. The Bertz CT molecular complexity index is 901. The van der Waals surface area contributed by atoms with E-state index in [4.69, 9.17) is 32.7 Å². The second-order valence-electron chi connectivity index (χ2n) is 6.79. The second-order valence-corrected chi connectivity index (χ2v) is 7.61. The van der Waals surface area contributed by atoms with E-state index in [0.29, 0.717) is 39.4 Å². The van der Waals surface area contributed by atoms with Gasteiger partial charge in [0, 0.05) is 32.7 Å². The molecule has 5 nitrogen and oxygen atoms in total. The number of fused-ring (bicyclic) bond motifs is 1. The van der Waals surface area contributed by atoms with Gasteiger partial charge < -0.3 is 14.4 Å². The van der Waals surface area contributed by atoms with Crippen molar-refractivity contribution in [2.45, 2.75) is 6.54 Å². The highest BCUT2D eigenvalue weighted by atomic mass is 35.5. The summed E-state index contributed by atoms with van der Waals surface area (Å²) in [5.74, 6) is 0.626. The van der Waals surface area contributed by atoms with Gasteiger partial charge in [-0.2, -0.15) is 0 Å². The van der Waals surface area contributed by atoms with Crippen molar-refractivity contribution in [2.24, 2.45) is 0 Å². The van der Waals surface area contributed by atoms with E-state index in [2.05, 4.69) is 4.90 Å². The highest BCUT2D eigenvalue weighted by Gasteiger charge is 2.25. The second kappa shape index (κ2) is 8.15. The molecule has 0 saturated carbocycles. The molecule has 0 spiro atoms. The van der Waals surface area contributed by atoms with Crippen molar-refractivity contribution >= 4 is 29.1 Å². The predicted octanol–water partition coefficient (Wildman–Crippen LogP) is 3.86. The molecule has 8 heteroatoms. The summed E-state index contributed by atoms with van der Waals surface area (Å²) in [4.78, 5) is 16.6. The van der Waals surface area contributed by atoms with Crippen molar-refractivity contribution in [3.63, 3.8) is 0 Å². The molecule has 0 N–H and O–H groups in total. The van der Waals surface area contributed by atoms with Crippen LogP contribution in [0.5, 0.6) is 11.5 Å². The zero-order valence-electron chi connectivity index (χ0n) is 15.1. The van der Waals surface area contributed by atoms with Crippen molar-refractivity contribution in [1.82, 2.24) is 9.80 Å². The fourth-order valence-electron chi connectivity index (χ4n) is 3.41. The molecule has 4 rings (SSSR count). The number of rotatable bonds is 3. The van der Waals surface area contributed by atoms with Crippen LogP contribution in [0.1, 0.15) is 15.9 Å². The fourth-order valence-corrected chi connectivity index (χ4v) is 3.87. The van der Waals surface area contributed by atoms with E-state index in [1.165, 1.54) is 6.07 Å². The van der Waals surface area contributed by atoms with E-state index in [1.807, 2.05) is 18.2 Å². The van der Waals surface area contributed by atoms with Gasteiger partial charge in [-0.05, 0) is 29.8 Å². The highest BCUT2D eigenvalue weighted by molar-refractivity contribution is 6.36. The van der Waals surface area contributed by atoms with Crippen molar-refractivity contribution in [2.75, 3.05) is 39.4 Å². The van der Waals surface area contributed by atoms with Gasteiger partial charge in [-0.25, -0.2) is 4.39 Å². The van der Waals surface area contributed by atoms with Gasteiger partial charge in [0.25, 0.3) is 5.91 Å². The van der Waals surface area contributed by atoms with Gasteiger partial charge in [-0.3, -0.25) is 9.69 Å². The standard InChI is InChI=1S/C20H19Cl2FN2O3/c21-15-11-16(22)17(23)10-14(15)20(26)25-5-3-24(4-6-25)12-13-1-2-18-19(9-13)28-8-7-27-18/h1-2,9-11H,3-8,12H2. The molecule has 28 heavy (non-hydrogen) atoms. The van der Waals surface area contributed by atoms with Gasteiger partial charge in [0.15, 0.2) is 11.5 Å². The number of nitrogens with zero attached hydrogens (tertiary/aromatic N) is 2. The molecule has 1 amide bonds.